The summed E-state index contributed by atoms with van der Waals surface area (Å²) < 4.78 is 6.83. The second kappa shape index (κ2) is 11.6. The van der Waals surface area contributed by atoms with Gasteiger partial charge in [-0.1, -0.05) is 32.0 Å². The van der Waals surface area contributed by atoms with E-state index in [-0.39, 0.29) is 27.1 Å². The lowest BCUT2D eigenvalue weighted by molar-refractivity contribution is -0.113. The van der Waals surface area contributed by atoms with E-state index in [9.17, 15) is 14.4 Å². The Bertz CT molecular complexity index is 1200. The van der Waals surface area contributed by atoms with E-state index in [2.05, 4.69) is 40.8 Å². The first-order chi connectivity index (χ1) is 16.3. The van der Waals surface area contributed by atoms with Crippen LogP contribution in [0.15, 0.2) is 16.6 Å². The van der Waals surface area contributed by atoms with Gasteiger partial charge in [0.1, 0.15) is 5.00 Å². The summed E-state index contributed by atoms with van der Waals surface area (Å²) >= 11 is 3.93. The van der Waals surface area contributed by atoms with Crippen LogP contribution in [0.5, 0.6) is 0 Å². The average Bonchev–Trinajstić information content (AvgIpc) is 3.50. The van der Waals surface area contributed by atoms with E-state index < -0.39 is 11.9 Å². The van der Waals surface area contributed by atoms with Crippen molar-refractivity contribution in [2.24, 2.45) is 5.73 Å². The Morgan fingerprint density at radius 3 is 2.65 bits per heavy atom. The maximum absolute atomic E-state index is 12.7. The highest BCUT2D eigenvalue weighted by atomic mass is 32.2. The number of methoxy groups -OCH3 is 1. The molecular weight excluding hydrogens is 494 g/mol. The van der Waals surface area contributed by atoms with Crippen molar-refractivity contribution in [1.29, 1.82) is 0 Å². The van der Waals surface area contributed by atoms with Crippen molar-refractivity contribution in [3.63, 3.8) is 0 Å². The Kier molecular flexibility index (Phi) is 8.86. The molecule has 12 heteroatoms. The second-order valence-electron chi connectivity index (χ2n) is 7.46. The smallest absolute Gasteiger partial charge is 0.341 e. The summed E-state index contributed by atoms with van der Waals surface area (Å²) in [5.41, 5.74) is 6.95. The van der Waals surface area contributed by atoms with Crippen molar-refractivity contribution in [1.82, 2.24) is 14.8 Å². The Morgan fingerprint density at radius 2 is 2.00 bits per heavy atom. The van der Waals surface area contributed by atoms with Crippen molar-refractivity contribution in [3.05, 3.63) is 32.3 Å². The molecule has 0 unspecified atom stereocenters. The maximum Gasteiger partial charge on any atom is 0.341 e. The van der Waals surface area contributed by atoms with Crippen molar-refractivity contribution >= 4 is 57.2 Å². The quantitative estimate of drug-likeness (QED) is 0.283. The summed E-state index contributed by atoms with van der Waals surface area (Å²) in [4.78, 5) is 38.1. The molecule has 0 aliphatic rings. The number of nitrogens with zero attached hydrogens (tertiary/aromatic N) is 3. The van der Waals surface area contributed by atoms with Crippen LogP contribution >= 0.6 is 34.4 Å². The summed E-state index contributed by atoms with van der Waals surface area (Å²) in [5.74, 6) is -0.819. The van der Waals surface area contributed by atoms with Crippen LogP contribution in [-0.4, -0.2) is 45.4 Å². The number of anilines is 1. The number of primary amides is 1. The summed E-state index contributed by atoms with van der Waals surface area (Å²) in [6.45, 7) is 6.55. The number of hydrogen-bond acceptors (Lipinski definition) is 9. The second-order valence-corrected chi connectivity index (χ2v) is 10.4. The lowest BCUT2D eigenvalue weighted by Gasteiger charge is -2.08. The van der Waals surface area contributed by atoms with Crippen LogP contribution < -0.4 is 11.1 Å². The fourth-order valence-electron chi connectivity index (χ4n) is 3.39. The molecule has 0 spiro atoms. The minimum atomic E-state index is -0.668. The average molecular weight is 522 g/mol. The molecule has 0 bridgehead atoms. The van der Waals surface area contributed by atoms with Gasteiger partial charge in [0.25, 0.3) is 5.91 Å². The van der Waals surface area contributed by atoms with Gasteiger partial charge in [0.15, 0.2) is 11.0 Å². The standard InChI is InChI=1S/C22H27N5O4S3/c1-5-7-14-9-13(10-32-14)19-25-26-22(27(19)8-6-2)33-11-15(28)24-20-16(21(30)31-4)12(3)17(34-20)18(23)29/h9-10H,5-8,11H2,1-4H3,(H2,23,29)(H,24,28). The molecule has 3 N–H and O–H groups in total. The monoisotopic (exact) mass is 521 g/mol. The van der Waals surface area contributed by atoms with Gasteiger partial charge in [-0.15, -0.1) is 32.9 Å². The van der Waals surface area contributed by atoms with Gasteiger partial charge < -0.3 is 20.4 Å². The molecule has 3 heterocycles. The Balaban J connectivity index is 1.76. The molecule has 0 radical (unpaired) electrons. The van der Waals surface area contributed by atoms with E-state index in [1.807, 2.05) is 4.57 Å². The van der Waals surface area contributed by atoms with Gasteiger partial charge in [-0.25, -0.2) is 4.79 Å². The van der Waals surface area contributed by atoms with Gasteiger partial charge in [-0.05, 0) is 31.4 Å². The molecule has 0 saturated heterocycles. The minimum absolute atomic E-state index is 0.0516. The van der Waals surface area contributed by atoms with Crippen LogP contribution in [0.25, 0.3) is 11.4 Å². The zero-order valence-corrected chi connectivity index (χ0v) is 21.9. The number of nitrogens with one attached hydrogen (secondary N) is 1. The molecule has 3 aromatic heterocycles. The Labute approximate surface area is 210 Å². The van der Waals surface area contributed by atoms with Crippen LogP contribution in [0.3, 0.4) is 0 Å². The fourth-order valence-corrected chi connectivity index (χ4v) is 6.18. The molecule has 0 aromatic carbocycles. The minimum Gasteiger partial charge on any atom is -0.465 e. The molecule has 0 aliphatic carbocycles. The number of thiophene rings is 2. The number of carbonyl (C=O) groups is 3. The molecule has 2 amide bonds. The van der Waals surface area contributed by atoms with Gasteiger partial charge >= 0.3 is 5.97 Å². The molecule has 0 fully saturated rings. The number of aromatic nitrogens is 3. The van der Waals surface area contributed by atoms with E-state index >= 15 is 0 Å². The molecule has 0 saturated carbocycles. The van der Waals surface area contributed by atoms with Gasteiger partial charge in [-0.2, -0.15) is 0 Å². The molecular formula is C22H27N5O4S3. The van der Waals surface area contributed by atoms with E-state index in [4.69, 9.17) is 10.5 Å². The number of ether oxygens (including phenoxy) is 1. The molecule has 9 nitrogen and oxygen atoms in total. The highest BCUT2D eigenvalue weighted by Gasteiger charge is 2.25. The predicted octanol–water partition coefficient (Wildman–Crippen LogP) is 4.36. The third-order valence-corrected chi connectivity index (χ3v) is 8.10. The first-order valence-corrected chi connectivity index (χ1v) is 13.4. The van der Waals surface area contributed by atoms with Crippen LogP contribution in [-0.2, 0) is 22.5 Å². The predicted molar refractivity (Wildman–Crippen MR) is 136 cm³/mol. The molecule has 3 aromatic rings. The zero-order valence-electron chi connectivity index (χ0n) is 19.5. The van der Waals surface area contributed by atoms with Gasteiger partial charge in [0, 0.05) is 22.4 Å². The fraction of sp³-hybridized carbons (Fsp3) is 0.409. The molecule has 0 aliphatic heterocycles. The maximum atomic E-state index is 12.7. The van der Waals surface area contributed by atoms with Crippen LogP contribution in [0.1, 0.15) is 57.2 Å². The number of carbonyl (C=O) groups excluding carboxylic acids is 3. The number of nitrogens with two attached hydrogens (primary N) is 1. The van der Waals surface area contributed by atoms with Crippen molar-refractivity contribution in [2.45, 2.75) is 51.7 Å². The number of esters is 1. The van der Waals surface area contributed by atoms with Crippen molar-refractivity contribution < 1.29 is 19.1 Å². The summed E-state index contributed by atoms with van der Waals surface area (Å²) in [6.07, 6.45) is 3.01. The Hall–Kier alpha value is -2.70. The largest absolute Gasteiger partial charge is 0.465 e. The third-order valence-electron chi connectivity index (χ3n) is 4.92. The topological polar surface area (TPSA) is 129 Å². The van der Waals surface area contributed by atoms with E-state index in [0.717, 1.165) is 48.5 Å². The highest BCUT2D eigenvalue weighted by molar-refractivity contribution is 7.99. The van der Waals surface area contributed by atoms with E-state index in [0.29, 0.717) is 10.7 Å². The summed E-state index contributed by atoms with van der Waals surface area (Å²) in [6, 6.07) is 2.15. The summed E-state index contributed by atoms with van der Waals surface area (Å²) in [5, 5.41) is 14.4. The first kappa shape index (κ1) is 25.9. The molecule has 0 atom stereocenters. The lowest BCUT2D eigenvalue weighted by atomic mass is 10.1. The zero-order chi connectivity index (χ0) is 24.8. The number of aryl methyl sites for hydroxylation is 1. The third kappa shape index (κ3) is 5.68. The lowest BCUT2D eigenvalue weighted by Crippen LogP contribution is -2.16. The van der Waals surface area contributed by atoms with Crippen LogP contribution in [0.4, 0.5) is 5.00 Å². The number of amides is 2. The summed E-state index contributed by atoms with van der Waals surface area (Å²) in [7, 11) is 1.24. The van der Waals surface area contributed by atoms with E-state index in [1.54, 1.807) is 18.3 Å². The highest BCUT2D eigenvalue weighted by Crippen LogP contribution is 2.34. The number of rotatable bonds is 11. The number of thioether (sulfide) groups is 1. The van der Waals surface area contributed by atoms with Crippen molar-refractivity contribution in [2.75, 3.05) is 18.2 Å². The first-order valence-electron chi connectivity index (χ1n) is 10.8. The van der Waals surface area contributed by atoms with Crippen LogP contribution in [0.2, 0.25) is 0 Å². The molecule has 3 rings (SSSR count). The van der Waals surface area contributed by atoms with Crippen molar-refractivity contribution in [3.8, 4) is 11.4 Å². The van der Waals surface area contributed by atoms with E-state index in [1.165, 1.54) is 23.7 Å². The number of hydrogen-bond donors (Lipinski definition) is 2. The van der Waals surface area contributed by atoms with Gasteiger partial charge in [0.2, 0.25) is 5.91 Å². The van der Waals surface area contributed by atoms with Gasteiger partial charge in [-0.3, -0.25) is 9.59 Å². The Morgan fingerprint density at radius 1 is 1.24 bits per heavy atom. The molecule has 34 heavy (non-hydrogen) atoms. The van der Waals surface area contributed by atoms with Gasteiger partial charge in [0.05, 0.1) is 23.3 Å². The van der Waals surface area contributed by atoms with Crippen LogP contribution in [0, 0.1) is 6.92 Å². The normalized spacial score (nSPS) is 10.9. The molecule has 182 valence electrons. The SMILES string of the molecule is CCCc1cc(-c2nnc(SCC(=O)Nc3sc(C(N)=O)c(C)c3C(=O)OC)n2CCC)cs1.